The Kier molecular flexibility index (Phi) is 5.69. The number of rotatable bonds is 3. The molecule has 2 atom stereocenters. The summed E-state index contributed by atoms with van der Waals surface area (Å²) in [5, 5.41) is 5.63. The minimum atomic E-state index is -0.446. The normalized spacial score (nSPS) is 23.2. The average Bonchev–Trinajstić information content (AvgIpc) is 2.96. The van der Waals surface area contributed by atoms with Crippen LogP contribution in [0.25, 0.3) is 0 Å². The molecule has 0 saturated carbocycles. The van der Waals surface area contributed by atoms with E-state index < -0.39 is 6.10 Å². The smallest absolute Gasteiger partial charge is 0.253 e. The fraction of sp³-hybridized carbons (Fsp3) is 0.429. The molecule has 3 rings (SSSR count). The zero-order chi connectivity index (χ0) is 14.8. The van der Waals surface area contributed by atoms with Gasteiger partial charge in [-0.3, -0.25) is 9.59 Å². The van der Waals surface area contributed by atoms with Gasteiger partial charge in [0, 0.05) is 17.1 Å². The molecule has 0 unspecified atom stereocenters. The molecule has 2 amide bonds. The lowest BCUT2D eigenvalue weighted by Crippen LogP contribution is -2.29. The number of hydrogen-bond donors (Lipinski definition) is 3. The topological polar surface area (TPSA) is 93.5 Å². The summed E-state index contributed by atoms with van der Waals surface area (Å²) < 4.78 is 5.56. The van der Waals surface area contributed by atoms with Gasteiger partial charge < -0.3 is 21.1 Å². The van der Waals surface area contributed by atoms with Crippen molar-refractivity contribution in [1.29, 1.82) is 0 Å². The molecule has 22 heavy (non-hydrogen) atoms. The summed E-state index contributed by atoms with van der Waals surface area (Å²) in [5.41, 5.74) is 6.93. The quantitative estimate of drug-likeness (QED) is 0.775. The van der Waals surface area contributed by atoms with Crippen LogP contribution in [0.1, 0.15) is 12.8 Å². The molecular weight excluding hydrogens is 326 g/mol. The maximum atomic E-state index is 12.1. The van der Waals surface area contributed by atoms with Gasteiger partial charge in [0.05, 0.1) is 17.5 Å². The van der Waals surface area contributed by atoms with Crippen LogP contribution in [-0.4, -0.2) is 36.3 Å². The monoisotopic (exact) mass is 343 g/mol. The summed E-state index contributed by atoms with van der Waals surface area (Å²) in [6.07, 6.45) is 1.02. The van der Waals surface area contributed by atoms with Crippen molar-refractivity contribution in [3.63, 3.8) is 0 Å². The molecule has 6 nitrogen and oxygen atoms in total. The van der Waals surface area contributed by atoms with Crippen LogP contribution in [0.4, 0.5) is 11.4 Å². The van der Waals surface area contributed by atoms with Crippen LogP contribution in [0, 0.1) is 0 Å². The van der Waals surface area contributed by atoms with Crippen molar-refractivity contribution in [2.75, 3.05) is 22.9 Å². The highest BCUT2D eigenvalue weighted by Crippen LogP contribution is 2.33. The van der Waals surface area contributed by atoms with Gasteiger partial charge in [-0.25, -0.2) is 0 Å². The molecule has 2 aliphatic rings. The van der Waals surface area contributed by atoms with Gasteiger partial charge in [0.25, 0.3) is 5.91 Å². The number of anilines is 2. The number of carbonyl (C=O) groups is 2. The molecule has 8 heteroatoms. The zero-order valence-electron chi connectivity index (χ0n) is 11.8. The summed E-state index contributed by atoms with van der Waals surface area (Å²) >= 11 is 1.49. The highest BCUT2D eigenvalue weighted by Gasteiger charge is 2.30. The molecule has 4 N–H and O–H groups in total. The number of halogens is 1. The van der Waals surface area contributed by atoms with Gasteiger partial charge in [-0.05, 0) is 31.0 Å². The van der Waals surface area contributed by atoms with E-state index in [-0.39, 0.29) is 30.3 Å². The lowest BCUT2D eigenvalue weighted by atomic mass is 10.2. The van der Waals surface area contributed by atoms with Gasteiger partial charge in [0.2, 0.25) is 5.91 Å². The van der Waals surface area contributed by atoms with Crippen LogP contribution < -0.4 is 16.4 Å². The summed E-state index contributed by atoms with van der Waals surface area (Å²) in [6, 6.07) is 5.50. The van der Waals surface area contributed by atoms with E-state index in [1.807, 2.05) is 12.1 Å². The molecular formula is C14H18ClN3O3S. The highest BCUT2D eigenvalue weighted by atomic mass is 35.5. The number of nitrogens with one attached hydrogen (secondary N) is 2. The Morgan fingerprint density at radius 1 is 1.45 bits per heavy atom. The van der Waals surface area contributed by atoms with Gasteiger partial charge >= 0.3 is 0 Å². The van der Waals surface area contributed by atoms with Crippen LogP contribution in [0.15, 0.2) is 23.1 Å². The highest BCUT2D eigenvalue weighted by molar-refractivity contribution is 8.00. The van der Waals surface area contributed by atoms with Crippen molar-refractivity contribution in [2.24, 2.45) is 5.73 Å². The molecule has 0 aromatic heterocycles. The van der Waals surface area contributed by atoms with Crippen molar-refractivity contribution >= 4 is 47.4 Å². The largest absolute Gasteiger partial charge is 0.364 e. The Labute approximate surface area is 138 Å². The third kappa shape index (κ3) is 3.73. The minimum Gasteiger partial charge on any atom is -0.364 e. The first-order chi connectivity index (χ1) is 10.2. The number of fused-ring (bicyclic) bond motifs is 1. The molecule has 0 spiro atoms. The Morgan fingerprint density at radius 2 is 2.27 bits per heavy atom. The lowest BCUT2D eigenvalue weighted by molar-refractivity contribution is -0.126. The first kappa shape index (κ1) is 17.1. The van der Waals surface area contributed by atoms with Crippen molar-refractivity contribution in [3.8, 4) is 0 Å². The Hall–Kier alpha value is -1.28. The van der Waals surface area contributed by atoms with Crippen LogP contribution >= 0.6 is 24.2 Å². The van der Waals surface area contributed by atoms with Crippen LogP contribution in [-0.2, 0) is 14.3 Å². The minimum absolute atomic E-state index is 0. The molecule has 1 aromatic rings. The van der Waals surface area contributed by atoms with E-state index in [0.717, 1.165) is 17.0 Å². The molecule has 1 fully saturated rings. The average molecular weight is 344 g/mol. The number of nitrogens with two attached hydrogens (primary N) is 1. The molecule has 120 valence electrons. The Bertz CT molecular complexity index is 584. The Morgan fingerprint density at radius 3 is 3.00 bits per heavy atom. The van der Waals surface area contributed by atoms with E-state index >= 15 is 0 Å². The number of benzene rings is 1. The SMILES string of the molecule is Cl.NC[C@H]1CC[C@@H](C(=O)Nc2ccc3c(c2)NC(=O)CS3)O1. The fourth-order valence-electron chi connectivity index (χ4n) is 2.46. The number of amides is 2. The number of hydrogen-bond acceptors (Lipinski definition) is 5. The molecule has 0 radical (unpaired) electrons. The first-order valence-corrected chi connectivity index (χ1v) is 7.87. The number of carbonyl (C=O) groups excluding carboxylic acids is 2. The van der Waals surface area contributed by atoms with Crippen LogP contribution in [0.3, 0.4) is 0 Å². The molecule has 0 aliphatic carbocycles. The van der Waals surface area contributed by atoms with Gasteiger partial charge in [-0.15, -0.1) is 24.2 Å². The number of thioether (sulfide) groups is 1. The molecule has 2 heterocycles. The van der Waals surface area contributed by atoms with E-state index in [9.17, 15) is 9.59 Å². The molecule has 0 bridgehead atoms. The van der Waals surface area contributed by atoms with E-state index in [0.29, 0.717) is 24.4 Å². The van der Waals surface area contributed by atoms with Gasteiger partial charge in [-0.2, -0.15) is 0 Å². The second kappa shape index (κ2) is 7.32. The second-order valence-electron chi connectivity index (χ2n) is 5.10. The summed E-state index contributed by atoms with van der Waals surface area (Å²) in [7, 11) is 0. The summed E-state index contributed by atoms with van der Waals surface area (Å²) in [5.74, 6) is 0.233. The molecule has 1 saturated heterocycles. The van der Waals surface area contributed by atoms with Gasteiger partial charge in [0.15, 0.2) is 0 Å². The molecule has 2 aliphatic heterocycles. The van der Waals surface area contributed by atoms with E-state index in [2.05, 4.69) is 10.6 Å². The van der Waals surface area contributed by atoms with Gasteiger partial charge in [-0.1, -0.05) is 0 Å². The lowest BCUT2D eigenvalue weighted by Gasteiger charge is -2.18. The van der Waals surface area contributed by atoms with Crippen LogP contribution in [0.5, 0.6) is 0 Å². The van der Waals surface area contributed by atoms with E-state index in [4.69, 9.17) is 10.5 Å². The third-order valence-corrected chi connectivity index (χ3v) is 4.62. The summed E-state index contributed by atoms with van der Waals surface area (Å²) in [6.45, 7) is 0.436. The Balaban J connectivity index is 0.00000176. The second-order valence-corrected chi connectivity index (χ2v) is 6.11. The third-order valence-electron chi connectivity index (χ3n) is 3.54. The maximum absolute atomic E-state index is 12.1. The maximum Gasteiger partial charge on any atom is 0.253 e. The van der Waals surface area contributed by atoms with Crippen molar-refractivity contribution in [2.45, 2.75) is 29.9 Å². The standard InChI is InChI=1S/C14H17N3O3S.ClH/c15-6-9-2-3-11(20-9)14(19)16-8-1-4-12-10(5-8)17-13(18)7-21-12;/h1,4-5,9,11H,2-3,6-7,15H2,(H,16,19)(H,17,18);1H/t9-,11+;/m1./s1. The zero-order valence-corrected chi connectivity index (χ0v) is 13.5. The van der Waals surface area contributed by atoms with E-state index in [1.165, 1.54) is 11.8 Å². The first-order valence-electron chi connectivity index (χ1n) is 6.89. The predicted octanol–water partition coefficient (Wildman–Crippen LogP) is 1.60. The van der Waals surface area contributed by atoms with E-state index in [1.54, 1.807) is 6.07 Å². The van der Waals surface area contributed by atoms with Crippen molar-refractivity contribution in [1.82, 2.24) is 0 Å². The fourth-order valence-corrected chi connectivity index (χ4v) is 3.24. The molecule has 1 aromatic carbocycles. The summed E-state index contributed by atoms with van der Waals surface area (Å²) in [4.78, 5) is 24.5. The van der Waals surface area contributed by atoms with Crippen LogP contribution in [0.2, 0.25) is 0 Å². The van der Waals surface area contributed by atoms with Crippen molar-refractivity contribution < 1.29 is 14.3 Å². The predicted molar refractivity (Wildman–Crippen MR) is 88.6 cm³/mol. The number of ether oxygens (including phenoxy) is 1. The van der Waals surface area contributed by atoms with Gasteiger partial charge in [0.1, 0.15) is 6.10 Å². The van der Waals surface area contributed by atoms with Crippen molar-refractivity contribution in [3.05, 3.63) is 18.2 Å².